The minimum absolute atomic E-state index is 0.338. The highest BCUT2D eigenvalue weighted by Crippen LogP contribution is 2.06. The van der Waals surface area contributed by atoms with Crippen LogP contribution in [0.25, 0.3) is 0 Å². The van der Waals surface area contributed by atoms with Gasteiger partial charge >= 0.3 is 0 Å². The minimum atomic E-state index is 0.338. The molecular weight excluding hydrogens is 175 g/mol. The zero-order chi connectivity index (χ0) is 5.70. The summed E-state index contributed by atoms with van der Waals surface area (Å²) >= 11 is 9.00. The zero-order valence-electron chi connectivity index (χ0n) is 4.45. The molecule has 0 aromatic heterocycles. The standard InChI is InChI=1S/C5H10BrCl/c1-2-3-5(7)4-6/h5H,2-4H2,1H3. The maximum Gasteiger partial charge on any atom is 0.0432 e. The van der Waals surface area contributed by atoms with Gasteiger partial charge in [0.05, 0.1) is 0 Å². The number of alkyl halides is 2. The fourth-order valence-electron chi connectivity index (χ4n) is 0.390. The van der Waals surface area contributed by atoms with Gasteiger partial charge in [0, 0.05) is 10.7 Å². The second-order valence-corrected chi connectivity index (χ2v) is 2.80. The van der Waals surface area contributed by atoms with E-state index in [2.05, 4.69) is 22.9 Å². The third-order valence-corrected chi connectivity index (χ3v) is 2.30. The topological polar surface area (TPSA) is 0 Å². The van der Waals surface area contributed by atoms with Crippen LogP contribution in [0.5, 0.6) is 0 Å². The Morgan fingerprint density at radius 2 is 2.29 bits per heavy atom. The zero-order valence-corrected chi connectivity index (χ0v) is 6.80. The van der Waals surface area contributed by atoms with E-state index in [-0.39, 0.29) is 0 Å². The Morgan fingerprint density at radius 3 is 2.43 bits per heavy atom. The van der Waals surface area contributed by atoms with Crippen molar-refractivity contribution in [3.8, 4) is 0 Å². The van der Waals surface area contributed by atoms with Crippen molar-refractivity contribution in [1.29, 1.82) is 0 Å². The summed E-state index contributed by atoms with van der Waals surface area (Å²) in [7, 11) is 0. The fraction of sp³-hybridized carbons (Fsp3) is 1.00. The van der Waals surface area contributed by atoms with Crippen LogP contribution in [-0.4, -0.2) is 10.7 Å². The van der Waals surface area contributed by atoms with Gasteiger partial charge in [-0.15, -0.1) is 11.6 Å². The van der Waals surface area contributed by atoms with Crippen LogP contribution in [0.2, 0.25) is 0 Å². The van der Waals surface area contributed by atoms with Gasteiger partial charge in [-0.1, -0.05) is 29.3 Å². The van der Waals surface area contributed by atoms with Gasteiger partial charge in [-0.2, -0.15) is 0 Å². The molecule has 0 saturated carbocycles. The monoisotopic (exact) mass is 184 g/mol. The predicted molar refractivity (Wildman–Crippen MR) is 38.3 cm³/mol. The van der Waals surface area contributed by atoms with Crippen molar-refractivity contribution >= 4 is 27.5 Å². The molecule has 7 heavy (non-hydrogen) atoms. The first kappa shape index (κ1) is 7.77. The van der Waals surface area contributed by atoms with Crippen molar-refractivity contribution in [3.05, 3.63) is 0 Å². The molecule has 0 radical (unpaired) electrons. The first-order chi connectivity index (χ1) is 3.31. The van der Waals surface area contributed by atoms with Crippen LogP contribution in [0, 0.1) is 0 Å². The summed E-state index contributed by atoms with van der Waals surface area (Å²) in [6.45, 7) is 2.14. The van der Waals surface area contributed by atoms with Crippen LogP contribution in [0.3, 0.4) is 0 Å². The molecule has 0 nitrogen and oxygen atoms in total. The van der Waals surface area contributed by atoms with Crippen LogP contribution in [-0.2, 0) is 0 Å². The lowest BCUT2D eigenvalue weighted by Crippen LogP contribution is -1.96. The third-order valence-electron chi connectivity index (χ3n) is 0.769. The highest BCUT2D eigenvalue weighted by Gasteiger charge is 1.96. The van der Waals surface area contributed by atoms with Gasteiger partial charge in [-0.05, 0) is 6.42 Å². The Labute approximate surface area is 58.4 Å². The molecule has 0 aromatic carbocycles. The fourth-order valence-corrected chi connectivity index (χ4v) is 0.932. The summed E-state index contributed by atoms with van der Waals surface area (Å²) in [6, 6.07) is 0. The van der Waals surface area contributed by atoms with E-state index >= 15 is 0 Å². The van der Waals surface area contributed by atoms with Gasteiger partial charge in [0.2, 0.25) is 0 Å². The molecule has 0 bridgehead atoms. The lowest BCUT2D eigenvalue weighted by Gasteiger charge is -1.98. The highest BCUT2D eigenvalue weighted by atomic mass is 79.9. The first-order valence-electron chi connectivity index (χ1n) is 2.51. The average Bonchev–Trinajstić information content (AvgIpc) is 1.68. The van der Waals surface area contributed by atoms with Gasteiger partial charge in [-0.25, -0.2) is 0 Å². The van der Waals surface area contributed by atoms with Crippen molar-refractivity contribution in [2.45, 2.75) is 25.1 Å². The largest absolute Gasteiger partial charge is 0.122 e. The summed E-state index contributed by atoms with van der Waals surface area (Å²) in [4.78, 5) is 0. The van der Waals surface area contributed by atoms with Gasteiger partial charge in [-0.3, -0.25) is 0 Å². The molecule has 0 N–H and O–H groups in total. The molecule has 0 aliphatic carbocycles. The smallest absolute Gasteiger partial charge is 0.0432 e. The number of halogens is 2. The van der Waals surface area contributed by atoms with Crippen LogP contribution in [0.15, 0.2) is 0 Å². The van der Waals surface area contributed by atoms with Gasteiger partial charge < -0.3 is 0 Å². The number of hydrogen-bond acceptors (Lipinski definition) is 0. The van der Waals surface area contributed by atoms with Gasteiger partial charge in [0.25, 0.3) is 0 Å². The molecule has 0 aliphatic rings. The molecule has 0 spiro atoms. The molecule has 44 valence electrons. The van der Waals surface area contributed by atoms with E-state index in [9.17, 15) is 0 Å². The predicted octanol–water partition coefficient (Wildman–Crippen LogP) is 2.79. The maximum atomic E-state index is 5.72. The van der Waals surface area contributed by atoms with Crippen LogP contribution in [0.1, 0.15) is 19.8 Å². The lowest BCUT2D eigenvalue weighted by molar-refractivity contribution is 0.789. The Balaban J connectivity index is 2.83. The molecule has 0 saturated heterocycles. The summed E-state index contributed by atoms with van der Waals surface area (Å²) in [6.07, 6.45) is 2.30. The van der Waals surface area contributed by atoms with E-state index in [4.69, 9.17) is 11.6 Å². The third kappa shape index (κ3) is 4.63. The van der Waals surface area contributed by atoms with Gasteiger partial charge in [0.1, 0.15) is 0 Å². The molecule has 0 fully saturated rings. The van der Waals surface area contributed by atoms with E-state index < -0.39 is 0 Å². The molecule has 0 aromatic rings. The highest BCUT2D eigenvalue weighted by molar-refractivity contribution is 9.09. The summed E-state index contributed by atoms with van der Waals surface area (Å²) in [5.41, 5.74) is 0. The van der Waals surface area contributed by atoms with E-state index in [1.807, 2.05) is 0 Å². The molecule has 0 amide bonds. The average molecular weight is 185 g/mol. The molecular formula is C5H10BrCl. The lowest BCUT2D eigenvalue weighted by atomic mass is 10.3. The van der Waals surface area contributed by atoms with E-state index in [1.165, 1.54) is 6.42 Å². The number of rotatable bonds is 3. The van der Waals surface area contributed by atoms with E-state index in [1.54, 1.807) is 0 Å². The second-order valence-electron chi connectivity index (χ2n) is 1.54. The molecule has 1 unspecified atom stereocenters. The molecule has 0 rings (SSSR count). The van der Waals surface area contributed by atoms with Gasteiger partial charge in [0.15, 0.2) is 0 Å². The Hall–Kier alpha value is 0.770. The quantitative estimate of drug-likeness (QED) is 0.593. The molecule has 1 atom stereocenters. The van der Waals surface area contributed by atoms with Crippen LogP contribution in [0.4, 0.5) is 0 Å². The SMILES string of the molecule is CCCC(Cl)CBr. The van der Waals surface area contributed by atoms with Crippen LogP contribution < -0.4 is 0 Å². The molecule has 2 heteroatoms. The Bertz CT molecular complexity index is 39.1. The normalized spacial score (nSPS) is 14.1. The Kier molecular flexibility index (Phi) is 5.46. The van der Waals surface area contributed by atoms with Crippen molar-refractivity contribution < 1.29 is 0 Å². The van der Waals surface area contributed by atoms with Crippen molar-refractivity contribution in [2.24, 2.45) is 0 Å². The molecule has 0 heterocycles. The van der Waals surface area contributed by atoms with Crippen molar-refractivity contribution in [1.82, 2.24) is 0 Å². The minimum Gasteiger partial charge on any atom is -0.122 e. The Morgan fingerprint density at radius 1 is 1.71 bits per heavy atom. The summed E-state index contributed by atoms with van der Waals surface area (Å²) in [5.74, 6) is 0. The second kappa shape index (κ2) is 4.92. The number of hydrogen-bond donors (Lipinski definition) is 0. The van der Waals surface area contributed by atoms with Crippen LogP contribution >= 0.6 is 27.5 Å². The van der Waals surface area contributed by atoms with E-state index in [0.29, 0.717) is 5.38 Å². The summed E-state index contributed by atoms with van der Waals surface area (Å²) in [5, 5.41) is 1.26. The van der Waals surface area contributed by atoms with Crippen molar-refractivity contribution in [2.75, 3.05) is 5.33 Å². The van der Waals surface area contributed by atoms with Crippen molar-refractivity contribution in [3.63, 3.8) is 0 Å². The maximum absolute atomic E-state index is 5.72. The molecule has 0 aliphatic heterocycles. The van der Waals surface area contributed by atoms with E-state index in [0.717, 1.165) is 11.8 Å². The first-order valence-corrected chi connectivity index (χ1v) is 4.07. The summed E-state index contributed by atoms with van der Waals surface area (Å²) < 4.78 is 0.